The van der Waals surface area contributed by atoms with E-state index in [1.807, 2.05) is 0 Å². The number of nitrogens with one attached hydrogen (secondary N) is 1. The van der Waals surface area contributed by atoms with E-state index in [0.29, 0.717) is 17.7 Å². The fourth-order valence-electron chi connectivity index (χ4n) is 1.67. The first kappa shape index (κ1) is 10.4. The van der Waals surface area contributed by atoms with Gasteiger partial charge in [-0.05, 0) is 18.2 Å². The van der Waals surface area contributed by atoms with Gasteiger partial charge in [-0.15, -0.1) is 0 Å². The molecule has 0 spiro atoms. The van der Waals surface area contributed by atoms with Crippen LogP contribution < -0.4 is 5.32 Å². The molecule has 16 heavy (non-hydrogen) atoms. The zero-order valence-corrected chi connectivity index (χ0v) is 8.82. The van der Waals surface area contributed by atoms with Gasteiger partial charge in [0.05, 0.1) is 12.7 Å². The number of benzene rings is 1. The molecule has 1 aromatic rings. The van der Waals surface area contributed by atoms with Crippen molar-refractivity contribution in [1.29, 1.82) is 0 Å². The third-order valence-corrected chi connectivity index (χ3v) is 2.49. The summed E-state index contributed by atoms with van der Waals surface area (Å²) in [6.45, 7) is 0.624. The Morgan fingerprint density at radius 3 is 3.00 bits per heavy atom. The van der Waals surface area contributed by atoms with Crippen molar-refractivity contribution in [2.24, 2.45) is 0 Å². The topological polar surface area (TPSA) is 55.4 Å². The van der Waals surface area contributed by atoms with Gasteiger partial charge in [-0.25, -0.2) is 4.79 Å². The van der Waals surface area contributed by atoms with Gasteiger partial charge >= 0.3 is 5.97 Å². The number of anilines is 1. The Balaban J connectivity index is 2.49. The van der Waals surface area contributed by atoms with Gasteiger partial charge in [0.25, 0.3) is 0 Å². The van der Waals surface area contributed by atoms with Crippen molar-refractivity contribution >= 4 is 23.5 Å². The Morgan fingerprint density at radius 2 is 2.31 bits per heavy atom. The second-order valence-corrected chi connectivity index (χ2v) is 3.41. The normalized spacial score (nSPS) is 13.2. The van der Waals surface area contributed by atoms with Gasteiger partial charge in [0.1, 0.15) is 6.29 Å². The zero-order valence-electron chi connectivity index (χ0n) is 8.82. The molecular formula is C12H11NO3. The second-order valence-electron chi connectivity index (χ2n) is 3.41. The number of hydrogen-bond donors (Lipinski definition) is 1. The lowest BCUT2D eigenvalue weighted by atomic mass is 9.99. The Kier molecular flexibility index (Phi) is 2.72. The summed E-state index contributed by atoms with van der Waals surface area (Å²) in [5.74, 6) is -0.404. The highest BCUT2D eigenvalue weighted by Crippen LogP contribution is 2.27. The number of aldehydes is 1. The van der Waals surface area contributed by atoms with E-state index in [1.54, 1.807) is 24.3 Å². The molecule has 0 atom stereocenters. The molecule has 0 aromatic heterocycles. The van der Waals surface area contributed by atoms with Gasteiger partial charge < -0.3 is 10.1 Å². The van der Waals surface area contributed by atoms with E-state index in [2.05, 4.69) is 10.1 Å². The van der Waals surface area contributed by atoms with Crippen molar-refractivity contribution < 1.29 is 14.3 Å². The molecule has 0 amide bonds. The van der Waals surface area contributed by atoms with Gasteiger partial charge in [-0.2, -0.15) is 0 Å². The number of fused-ring (bicyclic) bond motifs is 1. The van der Waals surface area contributed by atoms with Crippen molar-refractivity contribution in [2.75, 3.05) is 19.0 Å². The molecule has 1 aliphatic heterocycles. The first-order chi connectivity index (χ1) is 7.76. The van der Waals surface area contributed by atoms with Crippen LogP contribution >= 0.6 is 0 Å². The molecule has 0 bridgehead atoms. The van der Waals surface area contributed by atoms with Gasteiger partial charge in [-0.3, -0.25) is 4.79 Å². The molecule has 0 fully saturated rings. The Labute approximate surface area is 92.9 Å². The Morgan fingerprint density at radius 1 is 1.50 bits per heavy atom. The van der Waals surface area contributed by atoms with E-state index >= 15 is 0 Å². The molecule has 2 rings (SSSR count). The van der Waals surface area contributed by atoms with Crippen molar-refractivity contribution in [3.63, 3.8) is 0 Å². The van der Waals surface area contributed by atoms with E-state index in [9.17, 15) is 9.59 Å². The highest BCUT2D eigenvalue weighted by atomic mass is 16.5. The number of carbonyl (C=O) groups is 2. The van der Waals surface area contributed by atoms with Crippen LogP contribution in [0.5, 0.6) is 0 Å². The van der Waals surface area contributed by atoms with Crippen molar-refractivity contribution in [1.82, 2.24) is 0 Å². The van der Waals surface area contributed by atoms with Crippen molar-refractivity contribution in [3.8, 4) is 0 Å². The minimum absolute atomic E-state index is 0.404. The fourth-order valence-corrected chi connectivity index (χ4v) is 1.67. The number of hydrogen-bond acceptors (Lipinski definition) is 4. The van der Waals surface area contributed by atoms with E-state index < -0.39 is 5.97 Å². The number of allylic oxidation sites excluding steroid dienone is 1. The van der Waals surface area contributed by atoms with Crippen LogP contribution in [0.15, 0.2) is 24.3 Å². The molecule has 4 heteroatoms. The third kappa shape index (κ3) is 1.69. The number of esters is 1. The van der Waals surface area contributed by atoms with Crippen LogP contribution in [0.2, 0.25) is 0 Å². The minimum atomic E-state index is -0.404. The summed E-state index contributed by atoms with van der Waals surface area (Å²) < 4.78 is 4.63. The largest absolute Gasteiger partial charge is 0.465 e. The third-order valence-electron chi connectivity index (χ3n) is 2.49. The maximum atomic E-state index is 11.3. The van der Waals surface area contributed by atoms with Gasteiger partial charge in [0.15, 0.2) is 0 Å². The average molecular weight is 217 g/mol. The van der Waals surface area contributed by atoms with Crippen LogP contribution in [0.1, 0.15) is 15.9 Å². The van der Waals surface area contributed by atoms with Crippen LogP contribution in [0.3, 0.4) is 0 Å². The first-order valence-corrected chi connectivity index (χ1v) is 4.88. The summed E-state index contributed by atoms with van der Waals surface area (Å²) >= 11 is 0. The number of ether oxygens (including phenoxy) is 1. The molecule has 0 saturated heterocycles. The maximum Gasteiger partial charge on any atom is 0.337 e. The van der Waals surface area contributed by atoms with Crippen molar-refractivity contribution in [2.45, 2.75) is 0 Å². The Hall–Kier alpha value is -2.10. The van der Waals surface area contributed by atoms with Gasteiger partial charge in [0, 0.05) is 23.4 Å². The van der Waals surface area contributed by atoms with Crippen LogP contribution in [-0.4, -0.2) is 25.9 Å². The zero-order chi connectivity index (χ0) is 11.5. The van der Waals surface area contributed by atoms with E-state index in [1.165, 1.54) is 7.11 Å². The predicted octanol–water partition coefficient (Wildman–Crippen LogP) is 1.48. The van der Waals surface area contributed by atoms with E-state index in [0.717, 1.165) is 17.5 Å². The number of methoxy groups -OCH3 is 1. The lowest BCUT2D eigenvalue weighted by Gasteiger charge is -2.16. The lowest BCUT2D eigenvalue weighted by molar-refractivity contribution is -0.103. The van der Waals surface area contributed by atoms with Crippen molar-refractivity contribution in [3.05, 3.63) is 35.4 Å². The number of rotatable bonds is 2. The minimum Gasteiger partial charge on any atom is -0.465 e. The molecule has 0 aliphatic carbocycles. The maximum absolute atomic E-state index is 11.3. The average Bonchev–Trinajstić information content (AvgIpc) is 2.36. The molecule has 82 valence electrons. The molecular weight excluding hydrogens is 206 g/mol. The summed E-state index contributed by atoms with van der Waals surface area (Å²) in [5, 5.41) is 3.12. The molecule has 4 nitrogen and oxygen atoms in total. The quantitative estimate of drug-likeness (QED) is 0.602. The molecule has 0 saturated carbocycles. The molecule has 0 unspecified atom stereocenters. The molecule has 1 aromatic carbocycles. The van der Waals surface area contributed by atoms with Gasteiger partial charge in [0.2, 0.25) is 0 Å². The smallest absolute Gasteiger partial charge is 0.337 e. The first-order valence-electron chi connectivity index (χ1n) is 4.88. The van der Waals surface area contributed by atoms with E-state index in [4.69, 9.17) is 0 Å². The fraction of sp³-hybridized carbons (Fsp3) is 0.167. The summed E-state index contributed by atoms with van der Waals surface area (Å²) in [6, 6.07) is 5.11. The summed E-state index contributed by atoms with van der Waals surface area (Å²) in [4.78, 5) is 22.2. The van der Waals surface area contributed by atoms with Crippen LogP contribution in [-0.2, 0) is 9.53 Å². The number of carbonyl (C=O) groups excluding carboxylic acids is 2. The highest BCUT2D eigenvalue weighted by Gasteiger charge is 2.14. The molecule has 1 heterocycles. The Bertz CT molecular complexity index is 477. The highest BCUT2D eigenvalue weighted by molar-refractivity contribution is 6.11. The molecule has 1 N–H and O–H groups in total. The predicted molar refractivity (Wildman–Crippen MR) is 60.3 cm³/mol. The van der Waals surface area contributed by atoms with Crippen LogP contribution in [0.25, 0.3) is 5.57 Å². The molecule has 1 aliphatic rings. The SMILES string of the molecule is COC(=O)c1ccc2c(c1)C(C=O)=CCN2. The summed E-state index contributed by atoms with van der Waals surface area (Å²) in [7, 11) is 1.33. The van der Waals surface area contributed by atoms with Crippen LogP contribution in [0, 0.1) is 0 Å². The molecule has 0 radical (unpaired) electrons. The standard InChI is InChI=1S/C12H11NO3/c1-16-12(15)8-2-3-11-10(6-8)9(7-14)4-5-13-11/h2-4,6-7,13H,5H2,1H3. The van der Waals surface area contributed by atoms with E-state index in [-0.39, 0.29) is 0 Å². The second kappa shape index (κ2) is 4.18. The van der Waals surface area contributed by atoms with Crippen LogP contribution in [0.4, 0.5) is 5.69 Å². The lowest BCUT2D eigenvalue weighted by Crippen LogP contribution is -2.10. The van der Waals surface area contributed by atoms with Gasteiger partial charge in [-0.1, -0.05) is 6.08 Å². The monoisotopic (exact) mass is 217 g/mol. The summed E-state index contributed by atoms with van der Waals surface area (Å²) in [6.07, 6.45) is 2.58. The summed E-state index contributed by atoms with van der Waals surface area (Å²) in [5.41, 5.74) is 2.64.